The third-order valence-corrected chi connectivity index (χ3v) is 11.3. The molecule has 0 aliphatic heterocycles. The van der Waals surface area contributed by atoms with Gasteiger partial charge in [0.1, 0.15) is 0 Å². The predicted molar refractivity (Wildman–Crippen MR) is 240 cm³/mol. The van der Waals surface area contributed by atoms with Crippen LogP contribution in [-0.4, -0.2) is 0 Å². The van der Waals surface area contributed by atoms with Crippen molar-refractivity contribution in [3.63, 3.8) is 0 Å². The summed E-state index contributed by atoms with van der Waals surface area (Å²) in [6.07, 6.45) is 14.7. The van der Waals surface area contributed by atoms with Gasteiger partial charge in [-0.2, -0.15) is 0 Å². The van der Waals surface area contributed by atoms with Crippen molar-refractivity contribution in [1.82, 2.24) is 0 Å². The smallest absolute Gasteiger partial charge is 1.00 e. The number of benzene rings is 4. The van der Waals surface area contributed by atoms with Gasteiger partial charge < -0.3 is 33.6 Å². The van der Waals surface area contributed by atoms with Crippen molar-refractivity contribution < 1.29 is 59.9 Å². The van der Waals surface area contributed by atoms with Crippen molar-refractivity contribution in [3.8, 4) is 44.9 Å². The van der Waals surface area contributed by atoms with Crippen LogP contribution in [0.2, 0.25) is 0 Å². The first-order valence-electron chi connectivity index (χ1n) is 21.3. The summed E-state index contributed by atoms with van der Waals surface area (Å²) in [4.78, 5) is 0. The Hall–Kier alpha value is -3.88. The summed E-state index contributed by atoms with van der Waals surface area (Å²) in [5, 5.41) is 5.13. The van der Waals surface area contributed by atoms with Crippen LogP contribution in [0.25, 0.3) is 66.4 Å². The van der Waals surface area contributed by atoms with Crippen LogP contribution in [0.15, 0.2) is 142 Å². The average Bonchev–Trinajstić information content (AvgIpc) is 4.07. The van der Waals surface area contributed by atoms with Gasteiger partial charge >= 0.3 is 26.2 Å². The quantitative estimate of drug-likeness (QED) is 0.0714. The van der Waals surface area contributed by atoms with Crippen molar-refractivity contribution >= 4 is 21.5 Å². The molecule has 8 rings (SSSR count). The summed E-state index contributed by atoms with van der Waals surface area (Å²) in [5.41, 5.74) is 10.4. The van der Waals surface area contributed by atoms with E-state index in [4.69, 9.17) is 8.83 Å². The van der Waals surface area contributed by atoms with E-state index in [0.29, 0.717) is 0 Å². The fourth-order valence-electron chi connectivity index (χ4n) is 7.92. The molecule has 5 heteroatoms. The van der Waals surface area contributed by atoms with Crippen molar-refractivity contribution in [2.24, 2.45) is 0 Å². The molecular weight excluding hydrogens is 843 g/mol. The Morgan fingerprint density at radius 1 is 0.441 bits per heavy atom. The summed E-state index contributed by atoms with van der Waals surface area (Å²) in [6.45, 7) is 8.77. The van der Waals surface area contributed by atoms with Crippen LogP contribution in [0.4, 0.5) is 0 Å². The van der Waals surface area contributed by atoms with Crippen molar-refractivity contribution in [2.75, 3.05) is 0 Å². The first-order valence-corrected chi connectivity index (χ1v) is 21.3. The van der Waals surface area contributed by atoms with Crippen LogP contribution in [0.3, 0.4) is 0 Å². The fourth-order valence-corrected chi connectivity index (χ4v) is 7.92. The van der Waals surface area contributed by atoms with E-state index < -0.39 is 0 Å². The number of hydrogen-bond donors (Lipinski definition) is 0. The molecule has 0 atom stereocenters. The molecule has 0 aliphatic carbocycles. The molecular formula is C54H58Cl2O2Zr. The van der Waals surface area contributed by atoms with Gasteiger partial charge in [-0.3, -0.25) is 0 Å². The van der Waals surface area contributed by atoms with Gasteiger partial charge in [0.25, 0.3) is 0 Å². The van der Waals surface area contributed by atoms with Crippen LogP contribution in [0.1, 0.15) is 102 Å². The molecule has 0 saturated heterocycles. The topological polar surface area (TPSA) is 26.3 Å². The largest absolute Gasteiger partial charge is 4.00 e. The minimum Gasteiger partial charge on any atom is -1.00 e. The number of rotatable bonds is 16. The molecule has 2 aromatic heterocycles. The Morgan fingerprint density at radius 2 is 0.847 bits per heavy atom. The molecule has 8 aromatic rings. The summed E-state index contributed by atoms with van der Waals surface area (Å²) in [6, 6.07) is 48.7. The van der Waals surface area contributed by atoms with Gasteiger partial charge in [-0.25, -0.2) is 0 Å². The van der Waals surface area contributed by atoms with Crippen molar-refractivity contribution in [2.45, 2.75) is 105 Å². The molecule has 0 bridgehead atoms. The summed E-state index contributed by atoms with van der Waals surface area (Å²) in [7, 11) is 0. The zero-order valence-electron chi connectivity index (χ0n) is 35.3. The number of furan rings is 2. The minimum atomic E-state index is 0. The van der Waals surface area contributed by atoms with Crippen LogP contribution in [-0.2, 0) is 51.9 Å². The van der Waals surface area contributed by atoms with Gasteiger partial charge in [0, 0.05) is 12.8 Å². The Balaban J connectivity index is 0.000000248. The SMILES string of the molecule is CCCCCCc1ccc(-c2cccc3[cH-]c(-c4ccc(CC)o4)cc23)cc1.CCCCCCc1ccc(-c2cccc3[cH-]c(-c4ccc(CC)o4)cc23)cc1.[Cl-].[Cl-].[Zr+4]. The monoisotopic (exact) mass is 898 g/mol. The van der Waals surface area contributed by atoms with Gasteiger partial charge in [-0.15, -0.1) is 57.9 Å². The third-order valence-electron chi connectivity index (χ3n) is 11.3. The van der Waals surface area contributed by atoms with Gasteiger partial charge in [0.2, 0.25) is 0 Å². The number of hydrogen-bond acceptors (Lipinski definition) is 2. The van der Waals surface area contributed by atoms with Crippen LogP contribution >= 0.6 is 0 Å². The molecule has 0 N–H and O–H groups in total. The van der Waals surface area contributed by atoms with Crippen LogP contribution < -0.4 is 24.8 Å². The van der Waals surface area contributed by atoms with Crippen LogP contribution in [0, 0.1) is 0 Å². The Kier molecular flexibility index (Phi) is 19.3. The van der Waals surface area contributed by atoms with Crippen molar-refractivity contribution in [1.29, 1.82) is 0 Å². The maximum atomic E-state index is 5.96. The second kappa shape index (κ2) is 23.8. The van der Waals surface area contributed by atoms with E-state index in [9.17, 15) is 0 Å². The van der Waals surface area contributed by atoms with E-state index in [1.807, 2.05) is 0 Å². The maximum Gasteiger partial charge on any atom is 4.00 e. The Morgan fingerprint density at radius 3 is 1.20 bits per heavy atom. The molecule has 2 nitrogen and oxygen atoms in total. The van der Waals surface area contributed by atoms with Gasteiger partial charge in [-0.05, 0) is 72.2 Å². The molecule has 0 radical (unpaired) electrons. The molecule has 0 amide bonds. The van der Waals surface area contributed by atoms with E-state index in [2.05, 4.69) is 161 Å². The summed E-state index contributed by atoms with van der Waals surface area (Å²) >= 11 is 0. The average molecular weight is 901 g/mol. The van der Waals surface area contributed by atoms with Crippen LogP contribution in [0.5, 0.6) is 0 Å². The standard InChI is InChI=1S/2C27H29O.2ClH.Zr/c2*1-3-5-6-7-9-20-12-14-21(15-13-20)25-11-8-10-22-18-23(19-26(22)25)27-17-16-24(4-2)28-27;;;/h2*8,10-19H,3-7,9H2,1-2H3;2*1H;/q2*-1;;;+4/p-2. The third kappa shape index (κ3) is 12.1. The molecule has 6 aromatic carbocycles. The van der Waals surface area contributed by atoms with Crippen molar-refractivity contribution in [3.05, 3.63) is 156 Å². The maximum absolute atomic E-state index is 5.96. The molecule has 2 heterocycles. The minimum absolute atomic E-state index is 0. The van der Waals surface area contributed by atoms with Gasteiger partial charge in [-0.1, -0.05) is 161 Å². The predicted octanol–water partition coefficient (Wildman–Crippen LogP) is 10.3. The molecule has 59 heavy (non-hydrogen) atoms. The first-order chi connectivity index (χ1) is 27.6. The van der Waals surface area contributed by atoms with E-state index in [1.165, 1.54) is 119 Å². The zero-order chi connectivity index (χ0) is 38.7. The van der Waals surface area contributed by atoms with Gasteiger partial charge in [0.15, 0.2) is 0 Å². The Bertz CT molecular complexity index is 2250. The number of aryl methyl sites for hydroxylation is 4. The van der Waals surface area contributed by atoms with E-state index in [1.54, 1.807) is 0 Å². The summed E-state index contributed by atoms with van der Waals surface area (Å²) < 4.78 is 11.9. The first kappa shape index (κ1) is 47.8. The van der Waals surface area contributed by atoms with E-state index in [-0.39, 0.29) is 51.0 Å². The number of halogens is 2. The number of unbranched alkanes of at least 4 members (excludes halogenated alkanes) is 6. The summed E-state index contributed by atoms with van der Waals surface area (Å²) in [5.74, 6) is 3.99. The molecule has 0 saturated carbocycles. The zero-order valence-corrected chi connectivity index (χ0v) is 39.2. The second-order valence-corrected chi connectivity index (χ2v) is 15.4. The molecule has 0 unspecified atom stereocenters. The molecule has 0 fully saturated rings. The molecule has 0 aliphatic rings. The van der Waals surface area contributed by atoms with E-state index >= 15 is 0 Å². The Labute approximate surface area is 384 Å². The molecule has 304 valence electrons. The van der Waals surface area contributed by atoms with E-state index in [0.717, 1.165) is 47.0 Å². The normalized spacial score (nSPS) is 10.8. The second-order valence-electron chi connectivity index (χ2n) is 15.4. The fraction of sp³-hybridized carbons (Fsp3) is 0.296. The number of fused-ring (bicyclic) bond motifs is 2. The van der Waals surface area contributed by atoms with Gasteiger partial charge in [0.05, 0.1) is 23.0 Å². The molecule has 0 spiro atoms.